The summed E-state index contributed by atoms with van der Waals surface area (Å²) < 4.78 is 16.2. The van der Waals surface area contributed by atoms with Gasteiger partial charge in [0.25, 0.3) is 0 Å². The molecule has 0 saturated heterocycles. The van der Waals surface area contributed by atoms with Gasteiger partial charge in [0.05, 0.1) is 21.3 Å². The Balaban J connectivity index is 1.96. The maximum absolute atomic E-state index is 6.00. The van der Waals surface area contributed by atoms with Crippen molar-refractivity contribution in [2.24, 2.45) is 10.7 Å². The third-order valence-electron chi connectivity index (χ3n) is 4.41. The number of ether oxygens (including phenoxy) is 3. The van der Waals surface area contributed by atoms with Crippen molar-refractivity contribution in [3.8, 4) is 17.2 Å². The third kappa shape index (κ3) is 4.69. The van der Waals surface area contributed by atoms with E-state index in [0.29, 0.717) is 35.8 Å². The molecule has 6 heteroatoms. The smallest absolute Gasteiger partial charge is 0.203 e. The molecule has 0 atom stereocenters. The van der Waals surface area contributed by atoms with Gasteiger partial charge in [0.2, 0.25) is 5.75 Å². The molecular weight excluding hydrogens is 306 g/mol. The molecule has 0 spiro atoms. The Kier molecular flexibility index (Phi) is 7.03. The Morgan fingerprint density at radius 2 is 1.79 bits per heavy atom. The maximum atomic E-state index is 6.00. The molecule has 1 aliphatic rings. The minimum Gasteiger partial charge on any atom is -0.493 e. The molecule has 0 unspecified atom stereocenters. The molecule has 24 heavy (non-hydrogen) atoms. The first-order valence-electron chi connectivity index (χ1n) is 8.54. The largest absolute Gasteiger partial charge is 0.493 e. The lowest BCUT2D eigenvalue weighted by atomic mass is 9.96. The average molecular weight is 335 g/mol. The van der Waals surface area contributed by atoms with E-state index in [0.717, 1.165) is 12.0 Å². The van der Waals surface area contributed by atoms with Crippen LogP contribution in [0.2, 0.25) is 0 Å². The van der Waals surface area contributed by atoms with Crippen LogP contribution in [0.3, 0.4) is 0 Å². The number of aliphatic imine (C=N–C) groups is 1. The van der Waals surface area contributed by atoms with E-state index in [-0.39, 0.29) is 0 Å². The molecule has 0 aromatic heterocycles. The monoisotopic (exact) mass is 335 g/mol. The molecule has 0 aliphatic heterocycles. The van der Waals surface area contributed by atoms with E-state index in [9.17, 15) is 0 Å². The van der Waals surface area contributed by atoms with E-state index >= 15 is 0 Å². The molecule has 0 bridgehead atoms. The van der Waals surface area contributed by atoms with Gasteiger partial charge in [-0.25, -0.2) is 0 Å². The van der Waals surface area contributed by atoms with E-state index in [1.54, 1.807) is 21.3 Å². The summed E-state index contributed by atoms with van der Waals surface area (Å²) in [7, 11) is 4.84. The molecule has 1 fully saturated rings. The second-order valence-electron chi connectivity index (χ2n) is 5.99. The second kappa shape index (κ2) is 9.25. The molecule has 3 N–H and O–H groups in total. The number of nitrogens with one attached hydrogen (secondary N) is 1. The van der Waals surface area contributed by atoms with Gasteiger partial charge in [-0.05, 0) is 25.3 Å². The van der Waals surface area contributed by atoms with E-state index in [1.165, 1.54) is 32.1 Å². The summed E-state index contributed by atoms with van der Waals surface area (Å²) in [5.41, 5.74) is 7.02. The quantitative estimate of drug-likeness (QED) is 0.591. The van der Waals surface area contributed by atoms with E-state index < -0.39 is 0 Å². The van der Waals surface area contributed by atoms with Gasteiger partial charge < -0.3 is 25.3 Å². The molecule has 1 aromatic carbocycles. The van der Waals surface area contributed by atoms with Gasteiger partial charge in [0.15, 0.2) is 17.5 Å². The van der Waals surface area contributed by atoms with Crippen LogP contribution in [0.15, 0.2) is 17.1 Å². The Labute approximate surface area is 144 Å². The first kappa shape index (κ1) is 18.2. The molecule has 2 rings (SSSR count). The zero-order valence-corrected chi connectivity index (χ0v) is 14.9. The molecule has 134 valence electrons. The number of nitrogens with two attached hydrogens (primary N) is 1. The van der Waals surface area contributed by atoms with Gasteiger partial charge in [0.1, 0.15) is 0 Å². The van der Waals surface area contributed by atoms with Crippen molar-refractivity contribution in [3.05, 3.63) is 17.7 Å². The minimum atomic E-state index is 0.470. The van der Waals surface area contributed by atoms with Gasteiger partial charge in [-0.3, -0.25) is 4.99 Å². The van der Waals surface area contributed by atoms with Crippen molar-refractivity contribution < 1.29 is 14.2 Å². The highest BCUT2D eigenvalue weighted by molar-refractivity contribution is 5.78. The topological polar surface area (TPSA) is 78.1 Å². The highest BCUT2D eigenvalue weighted by Gasteiger charge is 2.16. The van der Waals surface area contributed by atoms with Crippen LogP contribution in [-0.4, -0.2) is 39.9 Å². The lowest BCUT2D eigenvalue weighted by molar-refractivity contribution is 0.322. The third-order valence-corrected chi connectivity index (χ3v) is 4.41. The van der Waals surface area contributed by atoms with E-state index in [1.807, 2.05) is 12.1 Å². The lowest BCUT2D eigenvalue weighted by Gasteiger charge is -2.23. The van der Waals surface area contributed by atoms with Crippen LogP contribution >= 0.6 is 0 Å². The Hall–Kier alpha value is -2.11. The zero-order valence-electron chi connectivity index (χ0n) is 14.9. The highest BCUT2D eigenvalue weighted by atomic mass is 16.5. The van der Waals surface area contributed by atoms with Gasteiger partial charge >= 0.3 is 0 Å². The number of methoxy groups -OCH3 is 3. The van der Waals surface area contributed by atoms with Crippen molar-refractivity contribution in [1.82, 2.24) is 5.32 Å². The summed E-state index contributed by atoms with van der Waals surface area (Å²) in [5, 5.41) is 3.33. The van der Waals surface area contributed by atoms with Crippen LogP contribution in [0.1, 0.15) is 37.7 Å². The van der Waals surface area contributed by atoms with Crippen molar-refractivity contribution in [2.75, 3.05) is 27.9 Å². The molecule has 1 aromatic rings. The predicted molar refractivity (Wildman–Crippen MR) is 96.3 cm³/mol. The van der Waals surface area contributed by atoms with Crippen LogP contribution in [0.4, 0.5) is 0 Å². The first-order chi connectivity index (χ1) is 11.7. The van der Waals surface area contributed by atoms with Crippen molar-refractivity contribution in [2.45, 2.75) is 44.6 Å². The Morgan fingerprint density at radius 3 is 2.42 bits per heavy atom. The van der Waals surface area contributed by atoms with Crippen LogP contribution in [-0.2, 0) is 6.42 Å². The predicted octanol–water partition coefficient (Wildman–Crippen LogP) is 2.49. The van der Waals surface area contributed by atoms with Crippen LogP contribution in [0.25, 0.3) is 0 Å². The molecule has 0 amide bonds. The van der Waals surface area contributed by atoms with Crippen LogP contribution < -0.4 is 25.3 Å². The van der Waals surface area contributed by atoms with Gasteiger partial charge in [-0.15, -0.1) is 0 Å². The van der Waals surface area contributed by atoms with E-state index in [4.69, 9.17) is 19.9 Å². The fourth-order valence-corrected chi connectivity index (χ4v) is 3.16. The fraction of sp³-hybridized carbons (Fsp3) is 0.611. The lowest BCUT2D eigenvalue weighted by Crippen LogP contribution is -2.41. The number of nitrogens with zero attached hydrogens (tertiary/aromatic N) is 1. The first-order valence-corrected chi connectivity index (χ1v) is 8.54. The number of guanidine groups is 1. The van der Waals surface area contributed by atoms with Crippen molar-refractivity contribution in [1.29, 1.82) is 0 Å². The molecular formula is C18H29N3O3. The summed E-state index contributed by atoms with van der Waals surface area (Å²) in [6.07, 6.45) is 6.95. The van der Waals surface area contributed by atoms with Gasteiger partial charge in [0, 0.05) is 18.2 Å². The molecule has 0 heterocycles. The highest BCUT2D eigenvalue weighted by Crippen LogP contribution is 2.39. The molecule has 0 radical (unpaired) electrons. The summed E-state index contributed by atoms with van der Waals surface area (Å²) in [6.45, 7) is 0.595. The molecule has 1 saturated carbocycles. The molecule has 6 nitrogen and oxygen atoms in total. The second-order valence-corrected chi connectivity index (χ2v) is 5.99. The van der Waals surface area contributed by atoms with Crippen molar-refractivity contribution >= 4 is 5.96 Å². The standard InChI is InChI=1S/C18H29N3O3/c1-22-15-10-9-13(16(23-2)17(15)24-3)11-12-20-18(19)21-14-7-5-4-6-8-14/h9-10,14H,4-8,11-12H2,1-3H3,(H3,19,20,21). The number of hydrogen-bond donors (Lipinski definition) is 2. The summed E-state index contributed by atoms with van der Waals surface area (Å²) in [6, 6.07) is 4.32. The zero-order chi connectivity index (χ0) is 17.4. The normalized spacial score (nSPS) is 15.9. The number of hydrogen-bond acceptors (Lipinski definition) is 4. The Bertz CT molecular complexity index is 555. The van der Waals surface area contributed by atoms with Crippen LogP contribution in [0, 0.1) is 0 Å². The molecule has 1 aliphatic carbocycles. The summed E-state index contributed by atoms with van der Waals surface area (Å²) in [5.74, 6) is 2.47. The SMILES string of the molecule is COc1ccc(CCN=C(N)NC2CCCCC2)c(OC)c1OC. The fourth-order valence-electron chi connectivity index (χ4n) is 3.16. The number of rotatable bonds is 7. The van der Waals surface area contributed by atoms with Gasteiger partial charge in [-0.1, -0.05) is 25.3 Å². The van der Waals surface area contributed by atoms with Gasteiger partial charge in [-0.2, -0.15) is 0 Å². The van der Waals surface area contributed by atoms with E-state index in [2.05, 4.69) is 10.3 Å². The number of benzene rings is 1. The minimum absolute atomic E-state index is 0.470. The van der Waals surface area contributed by atoms with Crippen LogP contribution in [0.5, 0.6) is 17.2 Å². The Morgan fingerprint density at radius 1 is 1.08 bits per heavy atom. The summed E-state index contributed by atoms with van der Waals surface area (Å²) >= 11 is 0. The van der Waals surface area contributed by atoms with Crippen molar-refractivity contribution in [3.63, 3.8) is 0 Å². The maximum Gasteiger partial charge on any atom is 0.203 e. The average Bonchev–Trinajstić information content (AvgIpc) is 2.61. The summed E-state index contributed by atoms with van der Waals surface area (Å²) in [4.78, 5) is 4.44.